The molecule has 0 amide bonds. The summed E-state index contributed by atoms with van der Waals surface area (Å²) in [6, 6.07) is 3.13. The summed E-state index contributed by atoms with van der Waals surface area (Å²) in [6.07, 6.45) is 0.965. The summed E-state index contributed by atoms with van der Waals surface area (Å²) in [7, 11) is 2.92. The highest BCUT2D eigenvalue weighted by molar-refractivity contribution is 6.31. The van der Waals surface area contributed by atoms with E-state index in [1.807, 2.05) is 0 Å². The first kappa shape index (κ1) is 14.6. The number of nitrogens with one attached hydrogen (secondary N) is 1. The molecule has 0 saturated heterocycles. The Hall–Kier alpha value is -1.79. The van der Waals surface area contributed by atoms with Crippen molar-refractivity contribution in [3.63, 3.8) is 0 Å². The van der Waals surface area contributed by atoms with Gasteiger partial charge >= 0.3 is 0 Å². The third-order valence-electron chi connectivity index (χ3n) is 2.43. The zero-order valence-corrected chi connectivity index (χ0v) is 12.1. The fourth-order valence-corrected chi connectivity index (χ4v) is 1.89. The summed E-state index contributed by atoms with van der Waals surface area (Å²) < 4.78 is 24.0. The SMILES string of the molecule is COc1cc(Cl)cc(OC)c1Nc1nc(Cl)ncc1F. The van der Waals surface area contributed by atoms with E-state index < -0.39 is 5.82 Å². The molecule has 8 heteroatoms. The molecule has 0 fully saturated rings. The maximum absolute atomic E-state index is 13.7. The second-order valence-electron chi connectivity index (χ2n) is 3.65. The van der Waals surface area contributed by atoms with Crippen molar-refractivity contribution in [2.75, 3.05) is 19.5 Å². The predicted molar refractivity (Wildman–Crippen MR) is 74.8 cm³/mol. The highest BCUT2D eigenvalue weighted by atomic mass is 35.5. The van der Waals surface area contributed by atoms with E-state index in [2.05, 4.69) is 15.3 Å². The molecule has 0 radical (unpaired) electrons. The fourth-order valence-electron chi connectivity index (χ4n) is 1.55. The van der Waals surface area contributed by atoms with Crippen LogP contribution in [0, 0.1) is 5.82 Å². The second kappa shape index (κ2) is 6.11. The Kier molecular flexibility index (Phi) is 4.46. The van der Waals surface area contributed by atoms with Crippen LogP contribution in [0.25, 0.3) is 0 Å². The molecule has 0 aliphatic rings. The van der Waals surface area contributed by atoms with Gasteiger partial charge in [0, 0.05) is 17.2 Å². The number of aromatic nitrogens is 2. The van der Waals surface area contributed by atoms with Gasteiger partial charge in [0.2, 0.25) is 5.28 Å². The number of methoxy groups -OCH3 is 2. The molecule has 106 valence electrons. The average molecular weight is 318 g/mol. The second-order valence-corrected chi connectivity index (χ2v) is 4.42. The smallest absolute Gasteiger partial charge is 0.224 e. The largest absolute Gasteiger partial charge is 0.494 e. The molecule has 0 aliphatic heterocycles. The number of halogens is 3. The van der Waals surface area contributed by atoms with Crippen LogP contribution in [0.5, 0.6) is 11.5 Å². The number of benzene rings is 1. The minimum absolute atomic E-state index is 0.0826. The highest BCUT2D eigenvalue weighted by Crippen LogP contribution is 2.39. The van der Waals surface area contributed by atoms with Crippen molar-refractivity contribution in [3.8, 4) is 11.5 Å². The van der Waals surface area contributed by atoms with Crippen LogP contribution < -0.4 is 14.8 Å². The Morgan fingerprint density at radius 2 is 1.75 bits per heavy atom. The molecule has 0 bridgehead atoms. The topological polar surface area (TPSA) is 56.3 Å². The lowest BCUT2D eigenvalue weighted by molar-refractivity contribution is 0.398. The molecule has 2 rings (SSSR count). The zero-order valence-electron chi connectivity index (χ0n) is 10.6. The van der Waals surface area contributed by atoms with Crippen LogP contribution in [0.1, 0.15) is 0 Å². The van der Waals surface area contributed by atoms with E-state index in [0.717, 1.165) is 6.20 Å². The molecule has 0 saturated carbocycles. The van der Waals surface area contributed by atoms with E-state index in [1.54, 1.807) is 12.1 Å². The van der Waals surface area contributed by atoms with Crippen LogP contribution in [0.4, 0.5) is 15.9 Å². The van der Waals surface area contributed by atoms with E-state index in [0.29, 0.717) is 22.2 Å². The van der Waals surface area contributed by atoms with E-state index in [9.17, 15) is 4.39 Å². The molecule has 1 aromatic heterocycles. The van der Waals surface area contributed by atoms with Crippen LogP contribution in [-0.4, -0.2) is 24.2 Å². The predicted octanol–water partition coefficient (Wildman–Crippen LogP) is 3.68. The monoisotopic (exact) mass is 317 g/mol. The van der Waals surface area contributed by atoms with E-state index in [1.165, 1.54) is 14.2 Å². The molecule has 0 atom stereocenters. The molecule has 0 aliphatic carbocycles. The summed E-state index contributed by atoms with van der Waals surface area (Å²) in [4.78, 5) is 7.30. The van der Waals surface area contributed by atoms with Crippen LogP contribution in [0.2, 0.25) is 10.3 Å². The van der Waals surface area contributed by atoms with Gasteiger partial charge in [-0.3, -0.25) is 0 Å². The summed E-state index contributed by atoms with van der Waals surface area (Å²) in [5, 5.41) is 3.10. The maximum Gasteiger partial charge on any atom is 0.224 e. The number of anilines is 2. The average Bonchev–Trinajstić information content (AvgIpc) is 2.43. The fraction of sp³-hybridized carbons (Fsp3) is 0.167. The summed E-state index contributed by atoms with van der Waals surface area (Å²) in [5.74, 6) is 0.00403. The third kappa shape index (κ3) is 3.02. The van der Waals surface area contributed by atoms with Crippen LogP contribution in [0.15, 0.2) is 18.3 Å². The first-order valence-corrected chi connectivity index (χ1v) is 6.17. The van der Waals surface area contributed by atoms with Gasteiger partial charge < -0.3 is 14.8 Å². The molecule has 5 nitrogen and oxygen atoms in total. The van der Waals surface area contributed by atoms with Crippen molar-refractivity contribution in [1.29, 1.82) is 0 Å². The Labute approximate surface area is 124 Å². The Morgan fingerprint density at radius 3 is 2.30 bits per heavy atom. The molecule has 1 heterocycles. The van der Waals surface area contributed by atoms with Crippen molar-refractivity contribution in [1.82, 2.24) is 9.97 Å². The van der Waals surface area contributed by atoms with Crippen LogP contribution in [0.3, 0.4) is 0 Å². The van der Waals surface area contributed by atoms with Gasteiger partial charge in [-0.2, -0.15) is 4.98 Å². The van der Waals surface area contributed by atoms with Gasteiger partial charge in [-0.15, -0.1) is 0 Å². The lowest BCUT2D eigenvalue weighted by Crippen LogP contribution is -2.02. The number of hydrogen-bond acceptors (Lipinski definition) is 5. The molecule has 0 unspecified atom stereocenters. The maximum atomic E-state index is 13.7. The van der Waals surface area contributed by atoms with Gasteiger partial charge in [0.15, 0.2) is 11.6 Å². The van der Waals surface area contributed by atoms with E-state index >= 15 is 0 Å². The van der Waals surface area contributed by atoms with Crippen molar-refractivity contribution in [2.24, 2.45) is 0 Å². The summed E-state index contributed by atoms with van der Waals surface area (Å²) >= 11 is 11.6. The van der Waals surface area contributed by atoms with Crippen molar-refractivity contribution in [3.05, 3.63) is 34.5 Å². The van der Waals surface area contributed by atoms with Crippen molar-refractivity contribution < 1.29 is 13.9 Å². The standard InChI is InChI=1S/C12H10Cl2FN3O2/c1-19-8-3-6(13)4-9(20-2)10(8)17-11-7(15)5-16-12(14)18-11/h3-5H,1-2H3,(H,16,17,18). The molecule has 0 spiro atoms. The van der Waals surface area contributed by atoms with E-state index in [4.69, 9.17) is 32.7 Å². The normalized spacial score (nSPS) is 10.2. The number of ether oxygens (including phenoxy) is 2. The lowest BCUT2D eigenvalue weighted by atomic mass is 10.2. The molecule has 20 heavy (non-hydrogen) atoms. The van der Waals surface area contributed by atoms with Gasteiger partial charge in [-0.25, -0.2) is 9.37 Å². The third-order valence-corrected chi connectivity index (χ3v) is 2.83. The lowest BCUT2D eigenvalue weighted by Gasteiger charge is -2.15. The first-order valence-electron chi connectivity index (χ1n) is 5.41. The molecular weight excluding hydrogens is 308 g/mol. The summed E-state index contributed by atoms with van der Waals surface area (Å²) in [5.41, 5.74) is 0.382. The minimum Gasteiger partial charge on any atom is -0.494 e. The first-order chi connectivity index (χ1) is 9.55. The number of nitrogens with zero attached hydrogens (tertiary/aromatic N) is 2. The Bertz CT molecular complexity index is 615. The number of rotatable bonds is 4. The Morgan fingerprint density at radius 1 is 1.15 bits per heavy atom. The van der Waals surface area contributed by atoms with Crippen LogP contribution >= 0.6 is 23.2 Å². The van der Waals surface area contributed by atoms with E-state index in [-0.39, 0.29) is 11.1 Å². The zero-order chi connectivity index (χ0) is 14.7. The van der Waals surface area contributed by atoms with Gasteiger partial charge in [-0.05, 0) is 11.6 Å². The quantitative estimate of drug-likeness (QED) is 0.872. The Balaban J connectivity index is 2.49. The molecule has 1 N–H and O–H groups in total. The van der Waals surface area contributed by atoms with Crippen LogP contribution in [-0.2, 0) is 0 Å². The van der Waals surface area contributed by atoms with Gasteiger partial charge in [0.1, 0.15) is 17.2 Å². The van der Waals surface area contributed by atoms with Gasteiger partial charge in [0.05, 0.1) is 20.4 Å². The van der Waals surface area contributed by atoms with Crippen molar-refractivity contribution in [2.45, 2.75) is 0 Å². The highest BCUT2D eigenvalue weighted by Gasteiger charge is 2.15. The minimum atomic E-state index is -0.659. The molecule has 2 aromatic rings. The van der Waals surface area contributed by atoms with Crippen molar-refractivity contribution >= 4 is 34.7 Å². The van der Waals surface area contributed by atoms with Gasteiger partial charge in [0.25, 0.3) is 0 Å². The summed E-state index contributed by atoms with van der Waals surface area (Å²) in [6.45, 7) is 0. The molecule has 1 aromatic carbocycles. The molecular formula is C12H10Cl2FN3O2. The number of hydrogen-bond donors (Lipinski definition) is 1. The van der Waals surface area contributed by atoms with Gasteiger partial charge in [-0.1, -0.05) is 11.6 Å².